The van der Waals surface area contributed by atoms with Crippen molar-refractivity contribution in [3.8, 4) is 0 Å². The number of nitrogens with two attached hydrogens (primary N) is 1. The number of hydrogen-bond donors (Lipinski definition) is 2. The molecular formula is C15H17ClN6O2. The molecule has 0 aliphatic carbocycles. The smallest absolute Gasteiger partial charge is 0.320 e. The molecule has 0 saturated carbocycles. The second-order valence-electron chi connectivity index (χ2n) is 5.81. The van der Waals surface area contributed by atoms with Crippen LogP contribution >= 0.6 is 11.6 Å². The van der Waals surface area contributed by atoms with E-state index in [9.17, 15) is 4.79 Å². The SMILES string of the molecule is CN1C(N)=NC(C)(c2nnc(Nc3cccc(Cl)c3)o2)CC1C=O. The molecule has 1 aliphatic heterocycles. The van der Waals surface area contributed by atoms with Gasteiger partial charge in [0.15, 0.2) is 5.96 Å². The zero-order valence-electron chi connectivity index (χ0n) is 13.2. The number of halogens is 1. The van der Waals surface area contributed by atoms with Gasteiger partial charge in [-0.25, -0.2) is 4.99 Å². The number of benzene rings is 1. The van der Waals surface area contributed by atoms with E-state index < -0.39 is 11.6 Å². The summed E-state index contributed by atoms with van der Waals surface area (Å²) in [4.78, 5) is 17.3. The number of aromatic nitrogens is 2. The van der Waals surface area contributed by atoms with Crippen molar-refractivity contribution in [1.82, 2.24) is 15.1 Å². The second-order valence-corrected chi connectivity index (χ2v) is 6.25. The Labute approximate surface area is 143 Å². The van der Waals surface area contributed by atoms with E-state index in [0.29, 0.717) is 11.4 Å². The van der Waals surface area contributed by atoms with Gasteiger partial charge < -0.3 is 25.2 Å². The zero-order chi connectivity index (χ0) is 17.3. The van der Waals surface area contributed by atoms with Crippen LogP contribution in [0.5, 0.6) is 0 Å². The van der Waals surface area contributed by atoms with Gasteiger partial charge in [-0.1, -0.05) is 22.8 Å². The van der Waals surface area contributed by atoms with Crippen LogP contribution in [0, 0.1) is 0 Å². The van der Waals surface area contributed by atoms with Crippen molar-refractivity contribution < 1.29 is 9.21 Å². The molecule has 3 rings (SSSR count). The number of nitrogens with one attached hydrogen (secondary N) is 1. The maximum Gasteiger partial charge on any atom is 0.320 e. The molecule has 2 unspecified atom stereocenters. The largest absolute Gasteiger partial charge is 0.405 e. The first-order valence-corrected chi connectivity index (χ1v) is 7.69. The van der Waals surface area contributed by atoms with E-state index in [0.717, 1.165) is 12.0 Å². The fourth-order valence-corrected chi connectivity index (χ4v) is 2.74. The van der Waals surface area contributed by atoms with Crippen LogP contribution in [-0.4, -0.2) is 40.4 Å². The lowest BCUT2D eigenvalue weighted by Crippen LogP contribution is -2.51. The maximum atomic E-state index is 11.3. The van der Waals surface area contributed by atoms with Crippen molar-refractivity contribution in [3.63, 3.8) is 0 Å². The molecule has 2 aromatic rings. The molecule has 0 amide bonds. The molecule has 0 saturated heterocycles. The van der Waals surface area contributed by atoms with Gasteiger partial charge in [0.2, 0.25) is 5.89 Å². The number of carbonyl (C=O) groups is 1. The van der Waals surface area contributed by atoms with Crippen LogP contribution in [0.2, 0.25) is 5.02 Å². The first kappa shape index (κ1) is 16.3. The van der Waals surface area contributed by atoms with Crippen LogP contribution in [0.4, 0.5) is 11.7 Å². The Morgan fingerprint density at radius 3 is 3.00 bits per heavy atom. The molecule has 9 heteroatoms. The number of hydrogen-bond acceptors (Lipinski definition) is 8. The Balaban J connectivity index is 1.86. The molecule has 0 fully saturated rings. The molecular weight excluding hydrogens is 332 g/mol. The lowest BCUT2D eigenvalue weighted by Gasteiger charge is -2.36. The standard InChI is InChI=1S/C15H17ClN6O2/c1-15(7-11(8-23)22(2)13(17)19-15)12-20-21-14(24-12)18-10-5-3-4-9(16)6-10/h3-6,8,11H,7H2,1-2H3,(H2,17,19)(H,18,21). The van der Waals surface area contributed by atoms with Gasteiger partial charge in [-0.2, -0.15) is 0 Å². The summed E-state index contributed by atoms with van der Waals surface area (Å²) in [6, 6.07) is 6.95. The van der Waals surface area contributed by atoms with Crippen LogP contribution < -0.4 is 11.1 Å². The van der Waals surface area contributed by atoms with Gasteiger partial charge >= 0.3 is 6.01 Å². The van der Waals surface area contributed by atoms with Crippen LogP contribution in [0.3, 0.4) is 0 Å². The minimum Gasteiger partial charge on any atom is -0.405 e. The molecule has 126 valence electrons. The fourth-order valence-electron chi connectivity index (χ4n) is 2.55. The van der Waals surface area contributed by atoms with Crippen LogP contribution in [0.1, 0.15) is 19.2 Å². The fraction of sp³-hybridized carbons (Fsp3) is 0.333. The molecule has 1 aromatic heterocycles. The lowest BCUT2D eigenvalue weighted by atomic mass is 9.92. The Hall–Kier alpha value is -2.61. The summed E-state index contributed by atoms with van der Waals surface area (Å²) in [5.41, 5.74) is 5.77. The third kappa shape index (κ3) is 3.05. The zero-order valence-corrected chi connectivity index (χ0v) is 14.0. The van der Waals surface area contributed by atoms with Gasteiger partial charge in [-0.05, 0) is 25.1 Å². The molecule has 0 radical (unpaired) electrons. The molecule has 0 bridgehead atoms. The predicted molar refractivity (Wildman–Crippen MR) is 90.2 cm³/mol. The average molecular weight is 349 g/mol. The van der Waals surface area contributed by atoms with E-state index in [1.807, 2.05) is 6.07 Å². The summed E-state index contributed by atoms with van der Waals surface area (Å²) in [5, 5.41) is 11.6. The third-order valence-corrected chi connectivity index (χ3v) is 4.18. The lowest BCUT2D eigenvalue weighted by molar-refractivity contribution is -0.111. The topological polar surface area (TPSA) is 110 Å². The quantitative estimate of drug-likeness (QED) is 0.812. The monoisotopic (exact) mass is 348 g/mol. The van der Waals surface area contributed by atoms with Crippen LogP contribution in [0.25, 0.3) is 0 Å². The second kappa shape index (κ2) is 6.12. The van der Waals surface area contributed by atoms with Crippen molar-refractivity contribution in [2.45, 2.75) is 24.9 Å². The Morgan fingerprint density at radius 2 is 2.29 bits per heavy atom. The van der Waals surface area contributed by atoms with Crippen LogP contribution in [0.15, 0.2) is 33.7 Å². The number of nitrogens with zero attached hydrogens (tertiary/aromatic N) is 4. The Kier molecular flexibility index (Phi) is 4.15. The third-order valence-electron chi connectivity index (χ3n) is 3.95. The number of aldehydes is 1. The summed E-state index contributed by atoms with van der Waals surface area (Å²) in [5.74, 6) is 0.540. The number of rotatable bonds is 4. The first-order valence-electron chi connectivity index (χ1n) is 7.31. The van der Waals surface area contributed by atoms with Crippen molar-refractivity contribution in [1.29, 1.82) is 0 Å². The van der Waals surface area contributed by atoms with E-state index in [1.165, 1.54) is 0 Å². The van der Waals surface area contributed by atoms with Crippen LogP contribution in [-0.2, 0) is 10.3 Å². The molecule has 1 aromatic carbocycles. The number of aliphatic imine (C=N–C) groups is 1. The van der Waals surface area contributed by atoms with E-state index in [-0.39, 0.29) is 17.9 Å². The highest BCUT2D eigenvalue weighted by atomic mass is 35.5. The highest BCUT2D eigenvalue weighted by Crippen LogP contribution is 2.34. The number of guanidine groups is 1. The summed E-state index contributed by atoms with van der Waals surface area (Å²) in [6.45, 7) is 1.81. The van der Waals surface area contributed by atoms with Crippen molar-refractivity contribution in [2.75, 3.05) is 12.4 Å². The molecule has 0 spiro atoms. The molecule has 3 N–H and O–H groups in total. The van der Waals surface area contributed by atoms with E-state index in [2.05, 4.69) is 20.5 Å². The molecule has 2 heterocycles. The molecule has 8 nitrogen and oxygen atoms in total. The van der Waals surface area contributed by atoms with E-state index in [4.69, 9.17) is 21.8 Å². The van der Waals surface area contributed by atoms with E-state index in [1.54, 1.807) is 37.1 Å². The highest BCUT2D eigenvalue weighted by Gasteiger charge is 2.41. The van der Waals surface area contributed by atoms with Gasteiger partial charge in [0, 0.05) is 24.2 Å². The minimum atomic E-state index is -0.858. The number of anilines is 2. The average Bonchev–Trinajstić information content (AvgIpc) is 3.00. The Bertz CT molecular complexity index is 792. The van der Waals surface area contributed by atoms with Gasteiger partial charge in [-0.3, -0.25) is 0 Å². The normalized spacial score (nSPS) is 23.7. The predicted octanol–water partition coefficient (Wildman–Crippen LogP) is 1.90. The molecule has 1 aliphatic rings. The highest BCUT2D eigenvalue weighted by molar-refractivity contribution is 6.30. The minimum absolute atomic E-state index is 0.212. The van der Waals surface area contributed by atoms with Crippen molar-refractivity contribution >= 4 is 35.5 Å². The van der Waals surface area contributed by atoms with Gasteiger partial charge in [0.1, 0.15) is 11.8 Å². The summed E-state index contributed by atoms with van der Waals surface area (Å²) >= 11 is 5.95. The van der Waals surface area contributed by atoms with Gasteiger partial charge in [0.25, 0.3) is 0 Å². The first-order chi connectivity index (χ1) is 11.4. The van der Waals surface area contributed by atoms with Gasteiger partial charge in [0.05, 0.1) is 6.04 Å². The van der Waals surface area contributed by atoms with Crippen molar-refractivity contribution in [2.24, 2.45) is 10.7 Å². The summed E-state index contributed by atoms with van der Waals surface area (Å²) in [7, 11) is 1.72. The molecule has 24 heavy (non-hydrogen) atoms. The summed E-state index contributed by atoms with van der Waals surface area (Å²) in [6.07, 6.45) is 1.23. The van der Waals surface area contributed by atoms with Crippen molar-refractivity contribution in [3.05, 3.63) is 35.2 Å². The summed E-state index contributed by atoms with van der Waals surface area (Å²) < 4.78 is 5.67. The van der Waals surface area contributed by atoms with Gasteiger partial charge in [-0.15, -0.1) is 5.10 Å². The number of likely N-dealkylation sites (N-methyl/N-ethyl adjacent to an activating group) is 1. The molecule has 2 atom stereocenters. The number of carbonyl (C=O) groups excluding carboxylic acids is 1. The Morgan fingerprint density at radius 1 is 1.50 bits per heavy atom. The van der Waals surface area contributed by atoms with E-state index >= 15 is 0 Å². The maximum absolute atomic E-state index is 11.3.